The Morgan fingerprint density at radius 1 is 1.28 bits per heavy atom. The lowest BCUT2D eigenvalue weighted by molar-refractivity contribution is 0.484. The van der Waals surface area contributed by atoms with Gasteiger partial charge in [0.25, 0.3) is 0 Å². The molecule has 3 nitrogen and oxygen atoms in total. The Morgan fingerprint density at radius 3 is 2.50 bits per heavy atom. The van der Waals surface area contributed by atoms with Gasteiger partial charge in [0.15, 0.2) is 0 Å². The van der Waals surface area contributed by atoms with Gasteiger partial charge in [-0.05, 0) is 38.0 Å². The van der Waals surface area contributed by atoms with E-state index in [-0.39, 0.29) is 17.8 Å². The number of hydrogen-bond acceptors (Lipinski definition) is 3. The van der Waals surface area contributed by atoms with Crippen LogP contribution in [-0.4, -0.2) is 32.5 Å². The minimum atomic E-state index is -2.93. The third-order valence-electron chi connectivity index (χ3n) is 2.55. The van der Waals surface area contributed by atoms with Crippen molar-refractivity contribution in [2.45, 2.75) is 32.4 Å². The first-order chi connectivity index (χ1) is 8.26. The topological polar surface area (TPSA) is 46.2 Å². The molecule has 0 bridgehead atoms. The van der Waals surface area contributed by atoms with E-state index >= 15 is 0 Å². The number of halogens is 1. The molecule has 0 spiro atoms. The van der Waals surface area contributed by atoms with Gasteiger partial charge in [-0.25, -0.2) is 8.42 Å². The van der Waals surface area contributed by atoms with Gasteiger partial charge < -0.3 is 5.32 Å². The molecule has 2 atom stereocenters. The van der Waals surface area contributed by atoms with Crippen LogP contribution in [0, 0.1) is 0 Å². The molecule has 0 saturated carbocycles. The monoisotopic (exact) mass is 289 g/mol. The van der Waals surface area contributed by atoms with Gasteiger partial charge in [-0.15, -0.1) is 0 Å². The van der Waals surface area contributed by atoms with Crippen molar-refractivity contribution in [1.82, 2.24) is 5.32 Å². The molecule has 0 heterocycles. The summed E-state index contributed by atoms with van der Waals surface area (Å²) < 4.78 is 22.3. The highest BCUT2D eigenvalue weighted by atomic mass is 35.5. The minimum absolute atomic E-state index is 0.0471. The van der Waals surface area contributed by atoms with Crippen LogP contribution in [0.4, 0.5) is 0 Å². The van der Waals surface area contributed by atoms with Gasteiger partial charge in [-0.2, -0.15) is 0 Å². The maximum absolute atomic E-state index is 11.2. The average molecular weight is 290 g/mol. The van der Waals surface area contributed by atoms with Crippen LogP contribution in [0.5, 0.6) is 0 Å². The second-order valence-electron chi connectivity index (χ2n) is 4.90. The Hall–Kier alpha value is -0.580. The summed E-state index contributed by atoms with van der Waals surface area (Å²) in [5.74, 6) is 0.160. The average Bonchev–Trinajstić information content (AvgIpc) is 2.13. The molecule has 1 rings (SSSR count). The molecule has 2 unspecified atom stereocenters. The first-order valence-electron chi connectivity index (χ1n) is 5.94. The van der Waals surface area contributed by atoms with E-state index in [0.29, 0.717) is 0 Å². The fraction of sp³-hybridized carbons (Fsp3) is 0.538. The zero-order valence-electron chi connectivity index (χ0n) is 11.0. The van der Waals surface area contributed by atoms with E-state index in [2.05, 4.69) is 5.32 Å². The molecule has 0 amide bonds. The summed E-state index contributed by atoms with van der Waals surface area (Å²) >= 11 is 5.92. The highest BCUT2D eigenvalue weighted by molar-refractivity contribution is 7.90. The SMILES string of the molecule is CC(Cc1cccc(Cl)c1)NC(C)CS(C)(=O)=O. The molecule has 1 aromatic rings. The molecule has 1 N–H and O–H groups in total. The van der Waals surface area contributed by atoms with Gasteiger partial charge >= 0.3 is 0 Å². The summed E-state index contributed by atoms with van der Waals surface area (Å²) in [4.78, 5) is 0. The lowest BCUT2D eigenvalue weighted by Crippen LogP contribution is -2.39. The van der Waals surface area contributed by atoms with Crippen molar-refractivity contribution < 1.29 is 8.42 Å². The van der Waals surface area contributed by atoms with Crippen molar-refractivity contribution in [3.63, 3.8) is 0 Å². The first kappa shape index (κ1) is 15.5. The summed E-state index contributed by atoms with van der Waals surface area (Å²) in [6, 6.07) is 7.88. The van der Waals surface area contributed by atoms with Gasteiger partial charge in [0.05, 0.1) is 5.75 Å². The Morgan fingerprint density at radius 2 is 1.94 bits per heavy atom. The van der Waals surface area contributed by atoms with E-state index in [1.165, 1.54) is 6.26 Å². The minimum Gasteiger partial charge on any atom is -0.310 e. The number of nitrogens with one attached hydrogen (secondary N) is 1. The molecule has 5 heteroatoms. The number of benzene rings is 1. The molecular weight excluding hydrogens is 270 g/mol. The van der Waals surface area contributed by atoms with Crippen LogP contribution in [0.15, 0.2) is 24.3 Å². The zero-order valence-corrected chi connectivity index (χ0v) is 12.6. The smallest absolute Gasteiger partial charge is 0.148 e. The van der Waals surface area contributed by atoms with Crippen molar-refractivity contribution in [3.8, 4) is 0 Å². The summed E-state index contributed by atoms with van der Waals surface area (Å²) in [5.41, 5.74) is 1.15. The van der Waals surface area contributed by atoms with Gasteiger partial charge in [-0.1, -0.05) is 23.7 Å². The van der Waals surface area contributed by atoms with Crippen molar-refractivity contribution >= 4 is 21.4 Å². The third kappa shape index (κ3) is 6.38. The highest BCUT2D eigenvalue weighted by Crippen LogP contribution is 2.12. The van der Waals surface area contributed by atoms with Crippen LogP contribution < -0.4 is 5.32 Å². The lowest BCUT2D eigenvalue weighted by Gasteiger charge is -2.19. The first-order valence-corrected chi connectivity index (χ1v) is 8.38. The zero-order chi connectivity index (χ0) is 13.8. The normalized spacial score (nSPS) is 15.3. The van der Waals surface area contributed by atoms with Gasteiger partial charge in [0.2, 0.25) is 0 Å². The van der Waals surface area contributed by atoms with E-state index in [0.717, 1.165) is 17.0 Å². The maximum atomic E-state index is 11.2. The van der Waals surface area contributed by atoms with Crippen LogP contribution in [0.3, 0.4) is 0 Å². The summed E-state index contributed by atoms with van der Waals surface area (Å²) in [6.45, 7) is 3.93. The van der Waals surface area contributed by atoms with E-state index in [1.54, 1.807) is 0 Å². The van der Waals surface area contributed by atoms with E-state index in [4.69, 9.17) is 11.6 Å². The predicted octanol–water partition coefficient (Wildman–Crippen LogP) is 2.29. The fourth-order valence-electron chi connectivity index (χ4n) is 2.06. The summed E-state index contributed by atoms with van der Waals surface area (Å²) in [6.07, 6.45) is 2.08. The fourth-order valence-corrected chi connectivity index (χ4v) is 3.28. The Kier molecular flexibility index (Phi) is 5.63. The van der Waals surface area contributed by atoms with Gasteiger partial charge in [0.1, 0.15) is 9.84 Å². The van der Waals surface area contributed by atoms with E-state index < -0.39 is 9.84 Å². The molecule has 0 aliphatic rings. The molecule has 0 fully saturated rings. The molecule has 0 aliphatic heterocycles. The lowest BCUT2D eigenvalue weighted by atomic mass is 10.1. The largest absolute Gasteiger partial charge is 0.310 e. The number of hydrogen-bond donors (Lipinski definition) is 1. The molecule has 102 valence electrons. The molecule has 0 aromatic heterocycles. The molecular formula is C13H20ClNO2S. The highest BCUT2D eigenvalue weighted by Gasteiger charge is 2.13. The van der Waals surface area contributed by atoms with Crippen LogP contribution in [-0.2, 0) is 16.3 Å². The number of rotatable bonds is 6. The van der Waals surface area contributed by atoms with Crippen LogP contribution in [0.25, 0.3) is 0 Å². The van der Waals surface area contributed by atoms with Gasteiger partial charge in [0, 0.05) is 23.4 Å². The Balaban J connectivity index is 2.49. The second-order valence-corrected chi connectivity index (χ2v) is 7.52. The molecule has 0 aliphatic carbocycles. The Labute approximate surface area is 114 Å². The molecule has 0 saturated heterocycles. The molecule has 0 radical (unpaired) electrons. The predicted molar refractivity (Wildman–Crippen MR) is 76.9 cm³/mol. The molecule has 18 heavy (non-hydrogen) atoms. The van der Waals surface area contributed by atoms with Crippen LogP contribution in [0.2, 0.25) is 5.02 Å². The second kappa shape index (κ2) is 6.55. The van der Waals surface area contributed by atoms with Crippen molar-refractivity contribution in [2.75, 3.05) is 12.0 Å². The number of sulfone groups is 1. The van der Waals surface area contributed by atoms with Crippen molar-refractivity contribution in [3.05, 3.63) is 34.9 Å². The van der Waals surface area contributed by atoms with Crippen LogP contribution in [0.1, 0.15) is 19.4 Å². The third-order valence-corrected chi connectivity index (χ3v) is 3.89. The van der Waals surface area contributed by atoms with E-state index in [9.17, 15) is 8.42 Å². The molecule has 1 aromatic carbocycles. The quantitative estimate of drug-likeness (QED) is 0.874. The van der Waals surface area contributed by atoms with E-state index in [1.807, 2.05) is 38.1 Å². The summed E-state index contributed by atoms with van der Waals surface area (Å²) in [5, 5.41) is 4.01. The summed E-state index contributed by atoms with van der Waals surface area (Å²) in [7, 11) is -2.93. The Bertz CT molecular complexity index is 488. The van der Waals surface area contributed by atoms with Crippen molar-refractivity contribution in [2.24, 2.45) is 0 Å². The maximum Gasteiger partial charge on any atom is 0.148 e. The van der Waals surface area contributed by atoms with Crippen molar-refractivity contribution in [1.29, 1.82) is 0 Å². The van der Waals surface area contributed by atoms with Gasteiger partial charge in [-0.3, -0.25) is 0 Å². The van der Waals surface area contributed by atoms with Crippen LogP contribution >= 0.6 is 11.6 Å². The standard InChI is InChI=1S/C13H20ClNO2S/c1-10(15-11(2)9-18(3,16)17)7-12-5-4-6-13(14)8-12/h4-6,8,10-11,15H,7,9H2,1-3H3.